The molecule has 0 aliphatic rings. The van der Waals surface area contributed by atoms with Crippen LogP contribution in [0.2, 0.25) is 0 Å². The van der Waals surface area contributed by atoms with Crippen molar-refractivity contribution in [3.05, 3.63) is 109 Å². The Kier molecular flexibility index (Phi) is 40.3. The molecule has 0 amide bonds. The fourth-order valence-electron chi connectivity index (χ4n) is 5.09. The second kappa shape index (κ2) is 42.7. The first kappa shape index (κ1) is 55.6. The number of carbonyl (C=O) groups excluding carboxylic acids is 2. The Labute approximate surface area is 356 Å². The molecule has 59 heavy (non-hydrogen) atoms. The normalized spacial score (nSPS) is 14.9. The zero-order chi connectivity index (χ0) is 43.3. The van der Waals surface area contributed by atoms with Crippen LogP contribution in [-0.2, 0) is 32.7 Å². The number of hydrogen-bond donors (Lipinski definition) is 3. The lowest BCUT2D eigenvalue weighted by Gasteiger charge is -2.20. The second-order valence-electron chi connectivity index (χ2n) is 14.0. The molecule has 0 fully saturated rings. The molecule has 0 spiro atoms. The van der Waals surface area contributed by atoms with Crippen LogP contribution in [0.5, 0.6) is 0 Å². The molecule has 0 radical (unpaired) electrons. The number of phosphoric ester groups is 1. The highest BCUT2D eigenvalue weighted by atomic mass is 31.2. The first-order valence-electron chi connectivity index (χ1n) is 21.8. The number of allylic oxidation sites excluding steroid dienone is 18. The van der Waals surface area contributed by atoms with Crippen LogP contribution in [0, 0.1) is 0 Å². The molecule has 0 aliphatic heterocycles. The lowest BCUT2D eigenvalue weighted by atomic mass is 10.1. The molecule has 3 N–H and O–H groups in total. The maximum absolute atomic E-state index is 12.6. The summed E-state index contributed by atoms with van der Waals surface area (Å²) in [6.07, 6.45) is 53.6. The maximum Gasteiger partial charge on any atom is 0.472 e. The summed E-state index contributed by atoms with van der Waals surface area (Å²) in [5.41, 5.74) is 0. The van der Waals surface area contributed by atoms with Crippen molar-refractivity contribution in [3.8, 4) is 0 Å². The first-order valence-corrected chi connectivity index (χ1v) is 23.3. The predicted molar refractivity (Wildman–Crippen MR) is 242 cm³/mol. The first-order chi connectivity index (χ1) is 28.7. The number of carbonyl (C=O) groups is 2. The SMILES string of the molecule is CC/C=C/C/C=C/C/C=C/C/C=C/C/C=C/C/C=C/CCC(=O)OC[C@H](COP(=O)(O)OC[C@@H](O)CO)OC(=O)CCC/C=C/C/C=C/C/C=C/CCCCCCCC. The number of hydrogen-bond acceptors (Lipinski definition) is 9. The van der Waals surface area contributed by atoms with Crippen LogP contribution in [0.15, 0.2) is 109 Å². The largest absolute Gasteiger partial charge is 0.472 e. The number of esters is 2. The second-order valence-corrected chi connectivity index (χ2v) is 15.4. The smallest absolute Gasteiger partial charge is 0.462 e. The van der Waals surface area contributed by atoms with Crippen LogP contribution in [0.4, 0.5) is 0 Å². The minimum absolute atomic E-state index is 0.0900. The van der Waals surface area contributed by atoms with Gasteiger partial charge in [0.25, 0.3) is 0 Å². The number of aliphatic hydroxyl groups is 2. The predicted octanol–water partition coefficient (Wildman–Crippen LogP) is 11.8. The Bertz CT molecular complexity index is 1340. The van der Waals surface area contributed by atoms with Crippen LogP contribution in [0.3, 0.4) is 0 Å². The maximum atomic E-state index is 12.6. The molecular weight excluding hydrogens is 767 g/mol. The fraction of sp³-hybridized carbons (Fsp3) is 0.583. The quantitative estimate of drug-likeness (QED) is 0.0236. The molecule has 334 valence electrons. The van der Waals surface area contributed by atoms with Gasteiger partial charge in [-0.05, 0) is 83.5 Å². The summed E-state index contributed by atoms with van der Waals surface area (Å²) in [6.45, 7) is 2.09. The molecule has 0 heterocycles. The third-order valence-corrected chi connectivity index (χ3v) is 9.38. The highest BCUT2D eigenvalue weighted by Crippen LogP contribution is 2.43. The van der Waals surface area contributed by atoms with Gasteiger partial charge in [0.15, 0.2) is 6.10 Å². The van der Waals surface area contributed by atoms with Crippen molar-refractivity contribution in [2.45, 2.75) is 154 Å². The van der Waals surface area contributed by atoms with Gasteiger partial charge in [0, 0.05) is 12.8 Å². The molecule has 1 unspecified atom stereocenters. The third kappa shape index (κ3) is 42.6. The van der Waals surface area contributed by atoms with Crippen LogP contribution in [0.25, 0.3) is 0 Å². The average Bonchev–Trinajstić information content (AvgIpc) is 3.22. The van der Waals surface area contributed by atoms with E-state index in [4.69, 9.17) is 19.1 Å². The molecule has 10 nitrogen and oxygen atoms in total. The van der Waals surface area contributed by atoms with Gasteiger partial charge in [-0.15, -0.1) is 0 Å². The summed E-state index contributed by atoms with van der Waals surface area (Å²) < 4.78 is 32.6. The lowest BCUT2D eigenvalue weighted by Crippen LogP contribution is -2.29. The summed E-state index contributed by atoms with van der Waals surface area (Å²) in [4.78, 5) is 34.9. The Balaban J connectivity index is 4.52. The Hall–Kier alpha value is -3.37. The molecular formula is C48H77O10P. The lowest BCUT2D eigenvalue weighted by molar-refractivity contribution is -0.161. The molecule has 0 saturated heterocycles. The highest BCUT2D eigenvalue weighted by molar-refractivity contribution is 7.47. The molecule has 0 aromatic carbocycles. The molecule has 0 aliphatic carbocycles. The van der Waals surface area contributed by atoms with Gasteiger partial charge in [0.05, 0.1) is 19.8 Å². The van der Waals surface area contributed by atoms with Crippen molar-refractivity contribution in [2.24, 2.45) is 0 Å². The molecule has 11 heteroatoms. The van der Waals surface area contributed by atoms with Gasteiger partial charge in [0.1, 0.15) is 12.7 Å². The van der Waals surface area contributed by atoms with Crippen LogP contribution < -0.4 is 0 Å². The van der Waals surface area contributed by atoms with Gasteiger partial charge in [0.2, 0.25) is 0 Å². The van der Waals surface area contributed by atoms with Crippen molar-refractivity contribution < 1.29 is 47.8 Å². The third-order valence-electron chi connectivity index (χ3n) is 8.42. The zero-order valence-electron chi connectivity index (χ0n) is 36.2. The van der Waals surface area contributed by atoms with Gasteiger partial charge >= 0.3 is 19.8 Å². The number of aliphatic hydroxyl groups excluding tert-OH is 2. The van der Waals surface area contributed by atoms with Gasteiger partial charge < -0.3 is 24.6 Å². The molecule has 0 bridgehead atoms. The van der Waals surface area contributed by atoms with Gasteiger partial charge in [-0.2, -0.15) is 0 Å². The van der Waals surface area contributed by atoms with E-state index in [0.717, 1.165) is 57.8 Å². The molecule has 3 atom stereocenters. The number of unbranched alkanes of at least 4 members (excludes halogenated alkanes) is 7. The topological polar surface area (TPSA) is 149 Å². The summed E-state index contributed by atoms with van der Waals surface area (Å²) in [5.74, 6) is -1.10. The molecule has 0 aromatic heterocycles. The Morgan fingerprint density at radius 1 is 0.525 bits per heavy atom. The molecule has 0 aromatic rings. The van der Waals surface area contributed by atoms with Gasteiger partial charge in [-0.3, -0.25) is 18.6 Å². The molecule has 0 saturated carbocycles. The fourth-order valence-corrected chi connectivity index (χ4v) is 5.88. The zero-order valence-corrected chi connectivity index (χ0v) is 37.1. The van der Waals surface area contributed by atoms with E-state index in [9.17, 15) is 24.2 Å². The van der Waals surface area contributed by atoms with Crippen molar-refractivity contribution in [2.75, 3.05) is 26.4 Å². The van der Waals surface area contributed by atoms with Crippen molar-refractivity contribution in [3.63, 3.8) is 0 Å². The Morgan fingerprint density at radius 2 is 0.966 bits per heavy atom. The van der Waals surface area contributed by atoms with Crippen LogP contribution in [-0.4, -0.2) is 65.7 Å². The van der Waals surface area contributed by atoms with E-state index in [2.05, 4.69) is 103 Å². The highest BCUT2D eigenvalue weighted by Gasteiger charge is 2.27. The minimum atomic E-state index is -4.66. The van der Waals surface area contributed by atoms with E-state index in [-0.39, 0.29) is 19.4 Å². The Morgan fingerprint density at radius 3 is 1.47 bits per heavy atom. The standard InChI is InChI=1S/C48H77O10P/c1-3-5-7-9-11-13-15-17-19-21-22-24-25-27-29-31-33-35-37-39-47(51)55-43-46(44-57-59(53,54)56-42-45(50)41-49)58-48(52)40-38-36-34-32-30-28-26-23-20-18-16-14-12-10-8-6-4-2/h5,7,11,13,17-20,22,24,26-29,32-35,45-46,49-50H,3-4,6,8-10,12,14-16,21,23,25,30-31,36-44H2,1-2H3,(H,53,54)/b7-5+,13-11+,19-17+,20-18+,24-22+,28-26+,29-27+,34-32+,35-33+/t45-,46+/m0/s1. The van der Waals surface area contributed by atoms with Crippen molar-refractivity contribution >= 4 is 19.8 Å². The van der Waals surface area contributed by atoms with E-state index in [1.807, 2.05) is 24.3 Å². The summed E-state index contributed by atoms with van der Waals surface area (Å²) in [5, 5.41) is 18.3. The number of rotatable bonds is 39. The number of ether oxygens (including phenoxy) is 2. The van der Waals surface area contributed by atoms with Gasteiger partial charge in [-0.1, -0.05) is 155 Å². The number of phosphoric acid groups is 1. The van der Waals surface area contributed by atoms with Gasteiger partial charge in [-0.25, -0.2) is 4.57 Å². The van der Waals surface area contributed by atoms with E-state index in [0.29, 0.717) is 19.3 Å². The van der Waals surface area contributed by atoms with Crippen molar-refractivity contribution in [1.29, 1.82) is 0 Å². The van der Waals surface area contributed by atoms with Crippen LogP contribution >= 0.6 is 7.82 Å². The minimum Gasteiger partial charge on any atom is -0.462 e. The van der Waals surface area contributed by atoms with Crippen molar-refractivity contribution in [1.82, 2.24) is 0 Å². The van der Waals surface area contributed by atoms with E-state index in [1.165, 1.54) is 38.5 Å². The summed E-state index contributed by atoms with van der Waals surface area (Å²) in [7, 11) is -4.66. The average molecular weight is 845 g/mol. The van der Waals surface area contributed by atoms with E-state index < -0.39 is 51.8 Å². The van der Waals surface area contributed by atoms with Crippen LogP contribution in [0.1, 0.15) is 142 Å². The van der Waals surface area contributed by atoms with E-state index >= 15 is 0 Å². The summed E-state index contributed by atoms with van der Waals surface area (Å²) >= 11 is 0. The summed E-state index contributed by atoms with van der Waals surface area (Å²) in [6, 6.07) is 0. The van der Waals surface area contributed by atoms with E-state index in [1.54, 1.807) is 0 Å². The monoisotopic (exact) mass is 845 g/mol. The molecule has 0 rings (SSSR count).